The minimum atomic E-state index is -1.23. The first-order valence-corrected chi connectivity index (χ1v) is 6.11. The summed E-state index contributed by atoms with van der Waals surface area (Å²) in [7, 11) is 1.23. The molecule has 0 aliphatic rings. The molecule has 0 radical (unpaired) electrons. The molecular formula is C14H13NO6. The van der Waals surface area contributed by atoms with Crippen LogP contribution in [-0.4, -0.2) is 29.2 Å². The highest BCUT2D eigenvalue weighted by atomic mass is 16.5. The Hall–Kier alpha value is -2.70. The summed E-state index contributed by atoms with van der Waals surface area (Å²) in [5.41, 5.74) is 0.576. The number of ketones is 2. The van der Waals surface area contributed by atoms with E-state index in [4.69, 9.17) is 4.42 Å². The minimum absolute atomic E-state index is 0.107. The minimum Gasteiger partial charge on any atom is -0.465 e. The molecule has 1 heterocycles. The summed E-state index contributed by atoms with van der Waals surface area (Å²) in [5, 5.41) is 0. The fourth-order valence-electron chi connectivity index (χ4n) is 2.18. The van der Waals surface area contributed by atoms with E-state index >= 15 is 0 Å². The Morgan fingerprint density at radius 3 is 2.33 bits per heavy atom. The second kappa shape index (κ2) is 5.35. The van der Waals surface area contributed by atoms with E-state index in [1.165, 1.54) is 39.2 Å². The molecule has 0 unspecified atom stereocenters. The number of rotatable bonds is 4. The summed E-state index contributed by atoms with van der Waals surface area (Å²) in [6, 6.07) is 2.96. The lowest BCUT2D eigenvalue weighted by Gasteiger charge is -2.11. The molecule has 0 spiro atoms. The third-order valence-electron chi connectivity index (χ3n) is 3.06. The number of esters is 1. The Balaban J connectivity index is 2.69. The zero-order valence-electron chi connectivity index (χ0n) is 11.7. The van der Waals surface area contributed by atoms with Crippen molar-refractivity contribution in [3.63, 3.8) is 0 Å². The predicted molar refractivity (Wildman–Crippen MR) is 72.2 cm³/mol. The van der Waals surface area contributed by atoms with Crippen molar-refractivity contribution in [1.82, 2.24) is 4.57 Å². The maximum absolute atomic E-state index is 11.9. The smallest absolute Gasteiger partial charge is 0.421 e. The van der Waals surface area contributed by atoms with E-state index in [9.17, 15) is 19.2 Å². The van der Waals surface area contributed by atoms with E-state index < -0.39 is 29.3 Å². The number of carbonyl (C=O) groups is 3. The summed E-state index contributed by atoms with van der Waals surface area (Å²) >= 11 is 0. The molecule has 0 atom stereocenters. The van der Waals surface area contributed by atoms with Crippen LogP contribution in [-0.2, 0) is 14.3 Å². The first kappa shape index (κ1) is 14.7. The molecule has 0 saturated carbocycles. The number of fused-ring (bicyclic) bond motifs is 1. The average Bonchev–Trinajstić information content (AvgIpc) is 2.73. The standard InChI is InChI=1S/C14H13NO6/c1-7(16)12(8(2)17)15-10-5-4-9(13(18)20-3)6-11(10)21-14(15)19/h4-6,12H,1-3H3. The number of methoxy groups -OCH3 is 1. The van der Waals surface area contributed by atoms with Gasteiger partial charge in [-0.25, -0.2) is 9.59 Å². The fourth-order valence-corrected chi connectivity index (χ4v) is 2.18. The zero-order chi connectivity index (χ0) is 15.7. The summed E-state index contributed by atoms with van der Waals surface area (Å²) in [6.45, 7) is 2.44. The number of hydrogen-bond donors (Lipinski definition) is 0. The highest BCUT2D eigenvalue weighted by Crippen LogP contribution is 2.20. The van der Waals surface area contributed by atoms with E-state index in [2.05, 4.69) is 4.74 Å². The van der Waals surface area contributed by atoms with Crippen LogP contribution in [0.3, 0.4) is 0 Å². The molecule has 0 amide bonds. The molecule has 110 valence electrons. The highest BCUT2D eigenvalue weighted by Gasteiger charge is 2.27. The molecule has 7 heteroatoms. The van der Waals surface area contributed by atoms with Crippen molar-refractivity contribution in [2.75, 3.05) is 7.11 Å². The van der Waals surface area contributed by atoms with Gasteiger partial charge in [-0.3, -0.25) is 14.2 Å². The third kappa shape index (κ3) is 2.49. The Bertz CT molecular complexity index is 783. The van der Waals surface area contributed by atoms with Gasteiger partial charge in [0.05, 0.1) is 18.2 Å². The Morgan fingerprint density at radius 2 is 1.81 bits per heavy atom. The first-order valence-electron chi connectivity index (χ1n) is 6.11. The molecule has 0 saturated heterocycles. The molecule has 1 aromatic carbocycles. The van der Waals surface area contributed by atoms with Crippen molar-refractivity contribution in [1.29, 1.82) is 0 Å². The number of Topliss-reactive ketones (excluding diaryl/α,β-unsaturated/α-hetero) is 2. The lowest BCUT2D eigenvalue weighted by molar-refractivity contribution is -0.129. The molecule has 2 rings (SSSR count). The molecule has 0 N–H and O–H groups in total. The molecule has 1 aromatic heterocycles. The predicted octanol–water partition coefficient (Wildman–Crippen LogP) is 1.10. The summed E-state index contributed by atoms with van der Waals surface area (Å²) in [4.78, 5) is 46.6. The Labute approximate surface area is 119 Å². The van der Waals surface area contributed by atoms with Gasteiger partial charge >= 0.3 is 11.7 Å². The van der Waals surface area contributed by atoms with E-state index in [1.54, 1.807) is 0 Å². The molecular weight excluding hydrogens is 278 g/mol. The van der Waals surface area contributed by atoms with E-state index in [0.717, 1.165) is 4.57 Å². The first-order chi connectivity index (χ1) is 9.86. The van der Waals surface area contributed by atoms with Gasteiger partial charge < -0.3 is 9.15 Å². The van der Waals surface area contributed by atoms with Crippen LogP contribution in [0.2, 0.25) is 0 Å². The second-order valence-corrected chi connectivity index (χ2v) is 4.54. The van der Waals surface area contributed by atoms with Gasteiger partial charge in [0, 0.05) is 0 Å². The van der Waals surface area contributed by atoms with Crippen molar-refractivity contribution >= 4 is 28.6 Å². The molecule has 7 nitrogen and oxygen atoms in total. The third-order valence-corrected chi connectivity index (χ3v) is 3.06. The van der Waals surface area contributed by atoms with Crippen LogP contribution >= 0.6 is 0 Å². The van der Waals surface area contributed by atoms with Crippen LogP contribution in [0.1, 0.15) is 30.2 Å². The maximum atomic E-state index is 11.9. The van der Waals surface area contributed by atoms with Crippen LogP contribution in [0.4, 0.5) is 0 Å². The Kier molecular flexibility index (Phi) is 3.75. The van der Waals surface area contributed by atoms with Crippen molar-refractivity contribution in [3.8, 4) is 0 Å². The molecule has 0 fully saturated rings. The lowest BCUT2D eigenvalue weighted by Crippen LogP contribution is -2.30. The van der Waals surface area contributed by atoms with Crippen LogP contribution in [0, 0.1) is 0 Å². The van der Waals surface area contributed by atoms with E-state index in [-0.39, 0.29) is 16.7 Å². The quantitative estimate of drug-likeness (QED) is 0.618. The number of hydrogen-bond acceptors (Lipinski definition) is 6. The van der Waals surface area contributed by atoms with Gasteiger partial charge in [-0.2, -0.15) is 0 Å². The fraction of sp³-hybridized carbons (Fsp3) is 0.286. The summed E-state index contributed by atoms with van der Waals surface area (Å²) in [5.74, 6) is -2.35. The molecule has 21 heavy (non-hydrogen) atoms. The molecule has 0 aliphatic carbocycles. The van der Waals surface area contributed by atoms with Gasteiger partial charge in [-0.05, 0) is 32.0 Å². The van der Waals surface area contributed by atoms with Gasteiger partial charge in [0.15, 0.2) is 23.2 Å². The molecule has 0 aliphatic heterocycles. The average molecular weight is 291 g/mol. The molecule has 2 aromatic rings. The topological polar surface area (TPSA) is 95.6 Å². The van der Waals surface area contributed by atoms with Gasteiger partial charge in [0.25, 0.3) is 0 Å². The van der Waals surface area contributed by atoms with E-state index in [0.29, 0.717) is 0 Å². The Morgan fingerprint density at radius 1 is 1.19 bits per heavy atom. The van der Waals surface area contributed by atoms with Crippen LogP contribution in [0.15, 0.2) is 27.4 Å². The van der Waals surface area contributed by atoms with Crippen molar-refractivity contribution in [2.45, 2.75) is 19.9 Å². The largest absolute Gasteiger partial charge is 0.465 e. The van der Waals surface area contributed by atoms with Crippen LogP contribution in [0.25, 0.3) is 11.1 Å². The summed E-state index contributed by atoms with van der Waals surface area (Å²) < 4.78 is 10.6. The number of aromatic nitrogens is 1. The van der Waals surface area contributed by atoms with Gasteiger partial charge in [0.1, 0.15) is 0 Å². The molecule has 0 bridgehead atoms. The summed E-state index contributed by atoms with van der Waals surface area (Å²) in [6.07, 6.45) is 0. The van der Waals surface area contributed by atoms with E-state index in [1.807, 2.05) is 0 Å². The van der Waals surface area contributed by atoms with Crippen LogP contribution < -0.4 is 5.76 Å². The number of oxazole rings is 1. The number of carbonyl (C=O) groups excluding carboxylic acids is 3. The van der Waals surface area contributed by atoms with Crippen molar-refractivity contribution in [2.24, 2.45) is 0 Å². The second-order valence-electron chi connectivity index (χ2n) is 4.54. The van der Waals surface area contributed by atoms with Gasteiger partial charge in [0.2, 0.25) is 0 Å². The number of benzene rings is 1. The number of nitrogens with zero attached hydrogens (tertiary/aromatic N) is 1. The monoisotopic (exact) mass is 291 g/mol. The van der Waals surface area contributed by atoms with Gasteiger partial charge in [-0.15, -0.1) is 0 Å². The number of ether oxygens (including phenoxy) is 1. The van der Waals surface area contributed by atoms with Crippen molar-refractivity contribution in [3.05, 3.63) is 34.3 Å². The lowest BCUT2D eigenvalue weighted by atomic mass is 10.1. The SMILES string of the molecule is COC(=O)c1ccc2c(c1)oc(=O)n2C(C(C)=O)C(C)=O. The van der Waals surface area contributed by atoms with Crippen LogP contribution in [0.5, 0.6) is 0 Å². The zero-order valence-corrected chi connectivity index (χ0v) is 11.7. The van der Waals surface area contributed by atoms with Gasteiger partial charge in [-0.1, -0.05) is 0 Å². The van der Waals surface area contributed by atoms with Crippen molar-refractivity contribution < 1.29 is 23.5 Å². The maximum Gasteiger partial charge on any atom is 0.421 e. The highest BCUT2D eigenvalue weighted by molar-refractivity contribution is 6.03. The normalized spacial score (nSPS) is 10.9.